The molecule has 1 aromatic heterocycles. The number of hydrogen-bond acceptors (Lipinski definition) is 1. The van der Waals surface area contributed by atoms with E-state index in [-0.39, 0.29) is 11.1 Å². The lowest BCUT2D eigenvalue weighted by Gasteiger charge is -1.97. The molecule has 1 heterocycles. The molecule has 0 radical (unpaired) electrons. The summed E-state index contributed by atoms with van der Waals surface area (Å²) < 4.78 is 27.9. The molecule has 0 aliphatic rings. The van der Waals surface area contributed by atoms with Crippen molar-refractivity contribution in [3.63, 3.8) is 0 Å². The van der Waals surface area contributed by atoms with Crippen molar-refractivity contribution in [2.75, 3.05) is 0 Å². The Morgan fingerprint density at radius 3 is 2.77 bits per heavy atom. The molecule has 0 unspecified atom stereocenters. The summed E-state index contributed by atoms with van der Waals surface area (Å²) in [7, 11) is 1.67. The van der Waals surface area contributed by atoms with Crippen molar-refractivity contribution < 1.29 is 8.78 Å². The molecule has 0 atom stereocenters. The van der Waals surface area contributed by atoms with Crippen LogP contribution < -0.4 is 0 Å². The van der Waals surface area contributed by atoms with Gasteiger partial charge in [0.1, 0.15) is 11.3 Å². The minimum atomic E-state index is -0.574. The van der Waals surface area contributed by atoms with Crippen molar-refractivity contribution in [1.29, 1.82) is 0 Å². The summed E-state index contributed by atoms with van der Waals surface area (Å²) in [5.41, 5.74) is 0.243. The number of rotatable bonds is 0. The van der Waals surface area contributed by atoms with E-state index in [1.54, 1.807) is 13.2 Å². The van der Waals surface area contributed by atoms with Crippen molar-refractivity contribution in [2.24, 2.45) is 7.05 Å². The monoisotopic (exact) mass is 182 g/mol. The van der Waals surface area contributed by atoms with E-state index in [0.29, 0.717) is 5.39 Å². The number of nitrogens with zero attached hydrogens (tertiary/aromatic N) is 2. The van der Waals surface area contributed by atoms with Crippen LogP contribution in [0.5, 0.6) is 0 Å². The maximum atomic E-state index is 13.4. The molecule has 0 aliphatic heterocycles. The van der Waals surface area contributed by atoms with E-state index in [1.165, 1.54) is 17.7 Å². The Morgan fingerprint density at radius 2 is 2.08 bits per heavy atom. The number of hydrogen-bond donors (Lipinski definition) is 0. The van der Waals surface area contributed by atoms with Crippen LogP contribution in [0.1, 0.15) is 5.56 Å². The minimum absolute atomic E-state index is 0.0196. The van der Waals surface area contributed by atoms with Crippen LogP contribution in [0.2, 0.25) is 0 Å². The smallest absolute Gasteiger partial charge is 0.157 e. The Balaban J connectivity index is 2.92. The summed E-state index contributed by atoms with van der Waals surface area (Å²) in [6.07, 6.45) is 1.58. The summed E-state index contributed by atoms with van der Waals surface area (Å²) in [6.45, 7) is 1.40. The highest BCUT2D eigenvalue weighted by molar-refractivity contribution is 5.79. The molecule has 0 saturated carbocycles. The van der Waals surface area contributed by atoms with Crippen LogP contribution in [0.25, 0.3) is 10.9 Å². The van der Waals surface area contributed by atoms with E-state index >= 15 is 0 Å². The molecule has 68 valence electrons. The zero-order valence-electron chi connectivity index (χ0n) is 7.31. The van der Waals surface area contributed by atoms with E-state index in [0.717, 1.165) is 0 Å². The molecule has 0 bridgehead atoms. The van der Waals surface area contributed by atoms with Crippen molar-refractivity contribution in [3.05, 3.63) is 29.5 Å². The molecule has 0 spiro atoms. The van der Waals surface area contributed by atoms with E-state index in [1.807, 2.05) is 0 Å². The number of aromatic nitrogens is 2. The predicted octanol–water partition coefficient (Wildman–Crippen LogP) is 2.16. The van der Waals surface area contributed by atoms with Crippen LogP contribution in [0.15, 0.2) is 12.3 Å². The standard InChI is InChI=1S/C9H8F2N2/c1-5-7(10)3-6-4-13(2)12-9(6)8(5)11/h3-4H,1-2H3. The average molecular weight is 182 g/mol. The summed E-state index contributed by atoms with van der Waals surface area (Å²) in [5, 5.41) is 4.38. The van der Waals surface area contributed by atoms with Crippen LogP contribution in [0, 0.1) is 18.6 Å². The van der Waals surface area contributed by atoms with Gasteiger partial charge in [0.05, 0.1) is 0 Å². The van der Waals surface area contributed by atoms with Gasteiger partial charge >= 0.3 is 0 Å². The maximum Gasteiger partial charge on any atom is 0.157 e. The fourth-order valence-electron chi connectivity index (χ4n) is 1.31. The number of benzene rings is 1. The Morgan fingerprint density at radius 1 is 1.38 bits per heavy atom. The zero-order chi connectivity index (χ0) is 9.59. The quantitative estimate of drug-likeness (QED) is 0.610. The molecule has 2 aromatic rings. The topological polar surface area (TPSA) is 17.8 Å². The van der Waals surface area contributed by atoms with Gasteiger partial charge in [0, 0.05) is 24.2 Å². The van der Waals surface area contributed by atoms with Crippen molar-refractivity contribution in [3.8, 4) is 0 Å². The highest BCUT2D eigenvalue weighted by atomic mass is 19.1. The molecular formula is C9H8F2N2. The predicted molar refractivity (Wildman–Crippen MR) is 45.4 cm³/mol. The van der Waals surface area contributed by atoms with Gasteiger partial charge in [0.25, 0.3) is 0 Å². The fraction of sp³-hybridized carbons (Fsp3) is 0.222. The first-order chi connectivity index (χ1) is 6.09. The summed E-state index contributed by atoms with van der Waals surface area (Å²) in [6, 6.07) is 1.29. The molecule has 1 aromatic carbocycles. The first-order valence-electron chi connectivity index (χ1n) is 3.87. The summed E-state index contributed by atoms with van der Waals surface area (Å²) in [4.78, 5) is 0. The highest BCUT2D eigenvalue weighted by Gasteiger charge is 2.11. The van der Waals surface area contributed by atoms with Crippen LogP contribution in [-0.2, 0) is 7.05 Å². The molecule has 0 aliphatic carbocycles. The van der Waals surface area contributed by atoms with Gasteiger partial charge in [0.2, 0.25) is 0 Å². The number of aryl methyl sites for hydroxylation is 1. The molecule has 0 N–H and O–H groups in total. The first-order valence-corrected chi connectivity index (χ1v) is 3.87. The van der Waals surface area contributed by atoms with Gasteiger partial charge in [0.15, 0.2) is 5.82 Å². The molecular weight excluding hydrogens is 174 g/mol. The number of fused-ring (bicyclic) bond motifs is 1. The molecule has 0 amide bonds. The van der Waals surface area contributed by atoms with Gasteiger partial charge in [-0.3, -0.25) is 4.68 Å². The third-order valence-electron chi connectivity index (χ3n) is 2.03. The van der Waals surface area contributed by atoms with Crippen LogP contribution in [0.3, 0.4) is 0 Å². The highest BCUT2D eigenvalue weighted by Crippen LogP contribution is 2.21. The Labute approximate surface area is 73.8 Å². The van der Waals surface area contributed by atoms with Gasteiger partial charge < -0.3 is 0 Å². The Bertz CT molecular complexity index is 474. The Hall–Kier alpha value is -1.45. The van der Waals surface area contributed by atoms with E-state index in [4.69, 9.17) is 0 Å². The first kappa shape index (κ1) is 8.16. The normalized spacial score (nSPS) is 11.1. The van der Waals surface area contributed by atoms with Gasteiger partial charge in [-0.1, -0.05) is 0 Å². The lowest BCUT2D eigenvalue weighted by molar-refractivity contribution is 0.574. The van der Waals surface area contributed by atoms with Gasteiger partial charge in [-0.2, -0.15) is 5.10 Å². The third kappa shape index (κ3) is 1.09. The lowest BCUT2D eigenvalue weighted by atomic mass is 10.1. The second-order valence-corrected chi connectivity index (χ2v) is 3.04. The molecule has 2 nitrogen and oxygen atoms in total. The van der Waals surface area contributed by atoms with Crippen LogP contribution >= 0.6 is 0 Å². The molecule has 2 rings (SSSR count). The van der Waals surface area contributed by atoms with Crippen molar-refractivity contribution in [1.82, 2.24) is 9.78 Å². The minimum Gasteiger partial charge on any atom is -0.274 e. The molecule has 4 heteroatoms. The lowest BCUT2D eigenvalue weighted by Crippen LogP contribution is -1.90. The van der Waals surface area contributed by atoms with Gasteiger partial charge in [-0.15, -0.1) is 0 Å². The fourth-order valence-corrected chi connectivity index (χ4v) is 1.31. The number of halogens is 2. The van der Waals surface area contributed by atoms with Crippen molar-refractivity contribution in [2.45, 2.75) is 6.92 Å². The average Bonchev–Trinajstić information content (AvgIpc) is 2.42. The molecule has 0 saturated heterocycles. The Kier molecular flexibility index (Phi) is 1.58. The van der Waals surface area contributed by atoms with Crippen LogP contribution in [0.4, 0.5) is 8.78 Å². The zero-order valence-corrected chi connectivity index (χ0v) is 7.31. The third-order valence-corrected chi connectivity index (χ3v) is 2.03. The maximum absolute atomic E-state index is 13.4. The SMILES string of the molecule is Cc1c(F)cc2cn(C)nc2c1F. The van der Waals surface area contributed by atoms with Crippen LogP contribution in [-0.4, -0.2) is 9.78 Å². The van der Waals surface area contributed by atoms with Crippen molar-refractivity contribution >= 4 is 10.9 Å². The second-order valence-electron chi connectivity index (χ2n) is 3.04. The summed E-state index contributed by atoms with van der Waals surface area (Å²) >= 11 is 0. The van der Waals surface area contributed by atoms with Gasteiger partial charge in [-0.25, -0.2) is 8.78 Å². The van der Waals surface area contributed by atoms with E-state index in [9.17, 15) is 8.78 Å². The van der Waals surface area contributed by atoms with E-state index < -0.39 is 11.6 Å². The second kappa shape index (κ2) is 2.52. The molecule has 13 heavy (non-hydrogen) atoms. The van der Waals surface area contributed by atoms with Gasteiger partial charge in [-0.05, 0) is 13.0 Å². The van der Waals surface area contributed by atoms with E-state index in [2.05, 4.69) is 5.10 Å². The summed E-state index contributed by atoms with van der Waals surface area (Å²) in [5.74, 6) is -1.10. The largest absolute Gasteiger partial charge is 0.274 e. The molecule has 0 fully saturated rings.